The molecule has 0 spiro atoms. The first kappa shape index (κ1) is 16.8. The highest BCUT2D eigenvalue weighted by molar-refractivity contribution is 5.79. The lowest BCUT2D eigenvalue weighted by Crippen LogP contribution is -2.36. The fraction of sp³-hybridized carbons (Fsp3) is 0.588. The smallest absolute Gasteiger partial charge is 0.195 e. The maximum absolute atomic E-state index is 5.42. The van der Waals surface area contributed by atoms with Crippen molar-refractivity contribution in [2.24, 2.45) is 4.99 Å². The molecule has 122 valence electrons. The molecule has 0 N–H and O–H groups in total. The van der Waals surface area contributed by atoms with Crippen LogP contribution < -0.4 is 0 Å². The van der Waals surface area contributed by atoms with Crippen molar-refractivity contribution >= 4 is 5.96 Å². The third-order valence-electron chi connectivity index (χ3n) is 3.81. The van der Waals surface area contributed by atoms with Gasteiger partial charge in [0.2, 0.25) is 0 Å². The van der Waals surface area contributed by atoms with Gasteiger partial charge in [-0.15, -0.1) is 0 Å². The van der Waals surface area contributed by atoms with E-state index < -0.39 is 0 Å². The number of benzene rings is 1. The Labute approximate surface area is 134 Å². The van der Waals surface area contributed by atoms with Crippen LogP contribution >= 0.6 is 0 Å². The summed E-state index contributed by atoms with van der Waals surface area (Å²) in [5.41, 5.74) is 2.67. The van der Waals surface area contributed by atoms with Crippen molar-refractivity contribution < 1.29 is 4.74 Å². The fourth-order valence-electron chi connectivity index (χ4n) is 2.70. The molecule has 1 saturated heterocycles. The van der Waals surface area contributed by atoms with Gasteiger partial charge in [0.15, 0.2) is 5.96 Å². The van der Waals surface area contributed by atoms with Crippen molar-refractivity contribution in [2.45, 2.75) is 13.1 Å². The Kier molecular flexibility index (Phi) is 6.21. The fourth-order valence-corrected chi connectivity index (χ4v) is 2.70. The summed E-state index contributed by atoms with van der Waals surface area (Å²) in [6.45, 7) is 5.40. The lowest BCUT2D eigenvalue weighted by molar-refractivity contribution is 0.0341. The highest BCUT2D eigenvalue weighted by Crippen LogP contribution is 2.14. The van der Waals surface area contributed by atoms with Crippen LogP contribution in [0.2, 0.25) is 0 Å². The van der Waals surface area contributed by atoms with Gasteiger partial charge in [0.1, 0.15) is 0 Å². The average Bonchev–Trinajstić information content (AvgIpc) is 2.49. The largest absolute Gasteiger partial charge is 0.379 e. The molecule has 0 atom stereocenters. The molecule has 22 heavy (non-hydrogen) atoms. The molecule has 1 fully saturated rings. The van der Waals surface area contributed by atoms with E-state index >= 15 is 0 Å². The summed E-state index contributed by atoms with van der Waals surface area (Å²) < 4.78 is 5.42. The van der Waals surface area contributed by atoms with E-state index in [1.165, 1.54) is 11.1 Å². The summed E-state index contributed by atoms with van der Waals surface area (Å²) >= 11 is 0. The normalized spacial score (nSPS) is 15.5. The minimum Gasteiger partial charge on any atom is -0.379 e. The molecular weight excluding hydrogens is 276 g/mol. The maximum atomic E-state index is 5.42. The Morgan fingerprint density at radius 3 is 2.23 bits per heavy atom. The van der Waals surface area contributed by atoms with Crippen LogP contribution in [0.15, 0.2) is 29.3 Å². The molecule has 1 aliphatic heterocycles. The van der Waals surface area contributed by atoms with E-state index in [2.05, 4.69) is 29.2 Å². The second-order valence-electron chi connectivity index (χ2n) is 6.06. The first-order chi connectivity index (χ1) is 10.6. The van der Waals surface area contributed by atoms with Gasteiger partial charge in [-0.2, -0.15) is 0 Å². The molecule has 5 nitrogen and oxygen atoms in total. The molecule has 1 aromatic rings. The number of morpholine rings is 1. The summed E-state index contributed by atoms with van der Waals surface area (Å²) in [5.74, 6) is 0.987. The number of nitrogens with zero attached hydrogens (tertiary/aromatic N) is 4. The predicted molar refractivity (Wildman–Crippen MR) is 91.1 cm³/mol. The minimum absolute atomic E-state index is 0.714. The van der Waals surface area contributed by atoms with Crippen molar-refractivity contribution in [3.63, 3.8) is 0 Å². The van der Waals surface area contributed by atoms with E-state index in [1.54, 1.807) is 0 Å². The maximum Gasteiger partial charge on any atom is 0.195 e. The van der Waals surface area contributed by atoms with Gasteiger partial charge in [0, 0.05) is 47.8 Å². The van der Waals surface area contributed by atoms with Crippen molar-refractivity contribution in [3.8, 4) is 0 Å². The van der Waals surface area contributed by atoms with E-state index in [4.69, 9.17) is 9.73 Å². The number of aliphatic imine (C=N–C) groups is 1. The van der Waals surface area contributed by atoms with Gasteiger partial charge >= 0.3 is 0 Å². The molecule has 1 aromatic carbocycles. The number of hydrogen-bond donors (Lipinski definition) is 0. The van der Waals surface area contributed by atoms with E-state index in [1.807, 2.05) is 38.0 Å². The second-order valence-corrected chi connectivity index (χ2v) is 6.06. The van der Waals surface area contributed by atoms with E-state index in [-0.39, 0.29) is 0 Å². The van der Waals surface area contributed by atoms with Crippen molar-refractivity contribution in [2.75, 3.05) is 54.5 Å². The highest BCUT2D eigenvalue weighted by atomic mass is 16.5. The van der Waals surface area contributed by atoms with Crippen molar-refractivity contribution in [1.29, 1.82) is 0 Å². The zero-order valence-electron chi connectivity index (χ0n) is 14.2. The number of guanidine groups is 1. The van der Waals surface area contributed by atoms with Crippen LogP contribution in [0.5, 0.6) is 0 Å². The van der Waals surface area contributed by atoms with Crippen LogP contribution in [0.25, 0.3) is 0 Å². The van der Waals surface area contributed by atoms with Gasteiger partial charge in [-0.25, -0.2) is 4.99 Å². The molecule has 0 aromatic heterocycles. The summed E-state index contributed by atoms with van der Waals surface area (Å²) in [5, 5.41) is 0. The Hall–Kier alpha value is -1.59. The van der Waals surface area contributed by atoms with E-state index in [9.17, 15) is 0 Å². The van der Waals surface area contributed by atoms with Gasteiger partial charge < -0.3 is 14.5 Å². The van der Waals surface area contributed by atoms with Gasteiger partial charge in [-0.3, -0.25) is 4.90 Å². The lowest BCUT2D eigenvalue weighted by atomic mass is 10.1. The number of ether oxygens (including phenoxy) is 1. The third-order valence-corrected chi connectivity index (χ3v) is 3.81. The van der Waals surface area contributed by atoms with Gasteiger partial charge in [0.25, 0.3) is 0 Å². The monoisotopic (exact) mass is 304 g/mol. The molecule has 0 aliphatic carbocycles. The molecule has 1 heterocycles. The average molecular weight is 304 g/mol. The Morgan fingerprint density at radius 1 is 1.05 bits per heavy atom. The molecule has 5 heteroatoms. The molecule has 0 saturated carbocycles. The molecule has 0 bridgehead atoms. The zero-order chi connectivity index (χ0) is 15.9. The summed E-state index contributed by atoms with van der Waals surface area (Å²) in [7, 11) is 8.11. The summed E-state index contributed by atoms with van der Waals surface area (Å²) in [4.78, 5) is 11.3. The highest BCUT2D eigenvalue weighted by Gasteiger charge is 2.13. The predicted octanol–water partition coefficient (Wildman–Crippen LogP) is 1.50. The minimum atomic E-state index is 0.714. The van der Waals surface area contributed by atoms with Gasteiger partial charge in [0.05, 0.1) is 19.8 Å². The zero-order valence-corrected chi connectivity index (χ0v) is 14.2. The van der Waals surface area contributed by atoms with Gasteiger partial charge in [-0.05, 0) is 11.1 Å². The first-order valence-electron chi connectivity index (χ1n) is 7.84. The Bertz CT molecular complexity index is 483. The summed E-state index contributed by atoms with van der Waals surface area (Å²) in [6.07, 6.45) is 0. The summed E-state index contributed by atoms with van der Waals surface area (Å²) in [6, 6.07) is 8.61. The first-order valence-corrected chi connectivity index (χ1v) is 7.84. The van der Waals surface area contributed by atoms with Crippen molar-refractivity contribution in [3.05, 3.63) is 35.4 Å². The third kappa shape index (κ3) is 4.71. The second kappa shape index (κ2) is 8.15. The molecule has 0 unspecified atom stereocenters. The Balaban J connectivity index is 2.08. The number of rotatable bonds is 4. The standard InChI is InChI=1S/C17H28N4O/c1-19(2)17(20(3)4)18-13-15-7-5-6-8-16(15)14-21-9-11-22-12-10-21/h5-8H,9-14H2,1-4H3. The quantitative estimate of drug-likeness (QED) is 0.623. The van der Waals surface area contributed by atoms with E-state index in [0.29, 0.717) is 6.54 Å². The van der Waals surface area contributed by atoms with Crippen molar-refractivity contribution in [1.82, 2.24) is 14.7 Å². The molecule has 0 radical (unpaired) electrons. The van der Waals surface area contributed by atoms with Crippen LogP contribution in [0.4, 0.5) is 0 Å². The Morgan fingerprint density at radius 2 is 1.64 bits per heavy atom. The van der Waals surface area contributed by atoms with Crippen LogP contribution in [-0.2, 0) is 17.8 Å². The van der Waals surface area contributed by atoms with Crippen LogP contribution in [-0.4, -0.2) is 75.2 Å². The van der Waals surface area contributed by atoms with E-state index in [0.717, 1.165) is 38.8 Å². The van der Waals surface area contributed by atoms with Crippen LogP contribution in [0.3, 0.4) is 0 Å². The van der Waals surface area contributed by atoms with Gasteiger partial charge in [-0.1, -0.05) is 24.3 Å². The van der Waals surface area contributed by atoms with Crippen LogP contribution in [0, 0.1) is 0 Å². The SMILES string of the molecule is CN(C)C(=NCc1ccccc1CN1CCOCC1)N(C)C. The molecule has 0 amide bonds. The van der Waals surface area contributed by atoms with Crippen LogP contribution in [0.1, 0.15) is 11.1 Å². The topological polar surface area (TPSA) is 31.3 Å². The number of hydrogen-bond acceptors (Lipinski definition) is 3. The molecule has 1 aliphatic rings. The molecular formula is C17H28N4O. The lowest BCUT2D eigenvalue weighted by Gasteiger charge is -2.27. The molecule has 2 rings (SSSR count).